The minimum absolute atomic E-state index is 0.304. The predicted molar refractivity (Wildman–Crippen MR) is 81.5 cm³/mol. The lowest BCUT2D eigenvalue weighted by Gasteiger charge is -2.11. The minimum atomic E-state index is -0.304. The summed E-state index contributed by atoms with van der Waals surface area (Å²) in [4.78, 5) is 12.2. The number of nitrogens with one attached hydrogen (secondary N) is 1. The second-order valence-corrected chi connectivity index (χ2v) is 4.80. The molecule has 0 aliphatic carbocycles. The number of hydrogen-bond acceptors (Lipinski definition) is 3. The Bertz CT molecular complexity index is 656. The first-order valence-electron chi connectivity index (χ1n) is 6.02. The van der Waals surface area contributed by atoms with Crippen LogP contribution in [-0.2, 0) is 0 Å². The van der Waals surface area contributed by atoms with Gasteiger partial charge in [0.2, 0.25) is 0 Å². The van der Waals surface area contributed by atoms with Crippen molar-refractivity contribution in [3.05, 3.63) is 52.5 Å². The Balaban J connectivity index is 2.30. The van der Waals surface area contributed by atoms with Crippen molar-refractivity contribution in [2.24, 2.45) is 0 Å². The van der Waals surface area contributed by atoms with Crippen LogP contribution in [0.25, 0.3) is 0 Å². The number of rotatable bonds is 3. The Hall–Kier alpha value is -2.20. The lowest BCUT2D eigenvalue weighted by molar-refractivity contribution is 0.102. The summed E-state index contributed by atoms with van der Waals surface area (Å²) in [5, 5.41) is 3.17. The molecule has 0 spiro atoms. The van der Waals surface area contributed by atoms with Crippen LogP contribution < -0.4 is 15.8 Å². The van der Waals surface area contributed by atoms with E-state index < -0.39 is 0 Å². The number of benzene rings is 2. The first kappa shape index (κ1) is 14.2. The molecule has 0 aromatic heterocycles. The molecular weight excluding hydrogens is 276 g/mol. The topological polar surface area (TPSA) is 64.3 Å². The molecular formula is C15H15ClN2O2. The highest BCUT2D eigenvalue weighted by atomic mass is 35.5. The normalized spacial score (nSPS) is 10.2. The molecule has 104 valence electrons. The maximum absolute atomic E-state index is 12.2. The number of carbonyl (C=O) groups is 1. The molecule has 0 aliphatic heterocycles. The van der Waals surface area contributed by atoms with E-state index in [1.165, 1.54) is 0 Å². The lowest BCUT2D eigenvalue weighted by atomic mass is 10.1. The van der Waals surface area contributed by atoms with E-state index in [9.17, 15) is 4.79 Å². The van der Waals surface area contributed by atoms with Crippen molar-refractivity contribution in [2.75, 3.05) is 18.2 Å². The fraction of sp³-hybridized carbons (Fsp3) is 0.133. The Morgan fingerprint density at radius 2 is 2.00 bits per heavy atom. The largest absolute Gasteiger partial charge is 0.497 e. The predicted octanol–water partition coefficient (Wildman–Crippen LogP) is 3.49. The Morgan fingerprint density at radius 3 is 2.70 bits per heavy atom. The Kier molecular flexibility index (Phi) is 4.15. The van der Waals surface area contributed by atoms with Crippen LogP contribution in [0, 0.1) is 6.92 Å². The molecule has 5 heteroatoms. The van der Waals surface area contributed by atoms with Gasteiger partial charge < -0.3 is 15.8 Å². The molecule has 0 atom stereocenters. The second kappa shape index (κ2) is 5.84. The quantitative estimate of drug-likeness (QED) is 0.851. The van der Waals surface area contributed by atoms with Crippen LogP contribution in [0.3, 0.4) is 0 Å². The minimum Gasteiger partial charge on any atom is -0.497 e. The van der Waals surface area contributed by atoms with Crippen molar-refractivity contribution in [2.45, 2.75) is 6.92 Å². The molecule has 0 fully saturated rings. The first-order valence-corrected chi connectivity index (χ1v) is 6.40. The third-order valence-electron chi connectivity index (χ3n) is 2.88. The smallest absolute Gasteiger partial charge is 0.257 e. The molecule has 0 radical (unpaired) electrons. The molecule has 0 saturated heterocycles. The zero-order chi connectivity index (χ0) is 14.7. The molecule has 20 heavy (non-hydrogen) atoms. The zero-order valence-corrected chi connectivity index (χ0v) is 12.0. The van der Waals surface area contributed by atoms with E-state index in [0.717, 1.165) is 5.56 Å². The van der Waals surface area contributed by atoms with Gasteiger partial charge in [0.05, 0.1) is 23.4 Å². The average molecular weight is 291 g/mol. The summed E-state index contributed by atoms with van der Waals surface area (Å²) in [6.45, 7) is 1.90. The highest BCUT2D eigenvalue weighted by Crippen LogP contribution is 2.27. The number of ether oxygens (including phenoxy) is 1. The van der Waals surface area contributed by atoms with E-state index >= 15 is 0 Å². The highest BCUT2D eigenvalue weighted by Gasteiger charge is 2.12. The number of carbonyl (C=O) groups excluding carboxylic acids is 1. The van der Waals surface area contributed by atoms with Crippen LogP contribution in [-0.4, -0.2) is 13.0 Å². The highest BCUT2D eigenvalue weighted by molar-refractivity contribution is 6.34. The monoisotopic (exact) mass is 290 g/mol. The van der Waals surface area contributed by atoms with Gasteiger partial charge in [0.25, 0.3) is 5.91 Å². The molecule has 0 saturated carbocycles. The number of aryl methyl sites for hydroxylation is 1. The van der Waals surface area contributed by atoms with Crippen LogP contribution in [0.15, 0.2) is 36.4 Å². The van der Waals surface area contributed by atoms with Gasteiger partial charge in [-0.1, -0.05) is 23.2 Å². The fourth-order valence-electron chi connectivity index (χ4n) is 1.78. The summed E-state index contributed by atoms with van der Waals surface area (Å²) < 4.78 is 5.11. The van der Waals surface area contributed by atoms with Crippen molar-refractivity contribution in [1.82, 2.24) is 0 Å². The van der Waals surface area contributed by atoms with Gasteiger partial charge in [-0.05, 0) is 31.2 Å². The van der Waals surface area contributed by atoms with Crippen LogP contribution in [0.1, 0.15) is 15.9 Å². The van der Waals surface area contributed by atoms with Crippen molar-refractivity contribution >= 4 is 28.9 Å². The van der Waals surface area contributed by atoms with E-state index in [4.69, 9.17) is 22.1 Å². The van der Waals surface area contributed by atoms with E-state index in [2.05, 4.69) is 5.32 Å². The molecule has 0 aliphatic rings. The van der Waals surface area contributed by atoms with Crippen molar-refractivity contribution in [1.29, 1.82) is 0 Å². The molecule has 2 rings (SSSR count). The van der Waals surface area contributed by atoms with Crippen molar-refractivity contribution in [3.8, 4) is 5.75 Å². The van der Waals surface area contributed by atoms with Gasteiger partial charge in [0.15, 0.2) is 0 Å². The first-order chi connectivity index (χ1) is 9.51. The molecule has 3 N–H and O–H groups in total. The maximum Gasteiger partial charge on any atom is 0.257 e. The summed E-state index contributed by atoms with van der Waals surface area (Å²) in [7, 11) is 1.55. The number of nitrogens with two attached hydrogens (primary N) is 1. The molecule has 4 nitrogen and oxygen atoms in total. The second-order valence-electron chi connectivity index (χ2n) is 4.39. The van der Waals surface area contributed by atoms with E-state index in [0.29, 0.717) is 27.7 Å². The van der Waals surface area contributed by atoms with Crippen molar-refractivity contribution in [3.63, 3.8) is 0 Å². The number of nitrogen functional groups attached to an aromatic ring is 1. The number of hydrogen-bond donors (Lipinski definition) is 2. The standard InChI is InChI=1S/C15H15ClN2O2/c1-9-3-6-13(17)11(7-9)15(19)18-14-8-10(20-2)4-5-12(14)16/h3-8H,17H2,1-2H3,(H,18,19). The molecule has 0 unspecified atom stereocenters. The molecule has 2 aromatic carbocycles. The fourth-order valence-corrected chi connectivity index (χ4v) is 1.95. The molecule has 0 bridgehead atoms. The van der Waals surface area contributed by atoms with Gasteiger partial charge >= 0.3 is 0 Å². The maximum atomic E-state index is 12.2. The van der Waals surface area contributed by atoms with E-state index in [1.54, 1.807) is 37.4 Å². The Morgan fingerprint density at radius 1 is 1.25 bits per heavy atom. The van der Waals surface area contributed by atoms with Gasteiger partial charge in [0.1, 0.15) is 5.75 Å². The molecule has 0 heterocycles. The summed E-state index contributed by atoms with van der Waals surface area (Å²) in [6.07, 6.45) is 0. The van der Waals surface area contributed by atoms with Crippen LogP contribution in [0.2, 0.25) is 5.02 Å². The lowest BCUT2D eigenvalue weighted by Crippen LogP contribution is -2.14. The molecule has 1 amide bonds. The third-order valence-corrected chi connectivity index (χ3v) is 3.20. The van der Waals surface area contributed by atoms with Crippen LogP contribution in [0.4, 0.5) is 11.4 Å². The average Bonchev–Trinajstić information content (AvgIpc) is 2.43. The number of amides is 1. The summed E-state index contributed by atoms with van der Waals surface area (Å²) in [5.74, 6) is 0.309. The summed E-state index contributed by atoms with van der Waals surface area (Å²) in [5.41, 5.74) is 8.11. The number of halogens is 1. The van der Waals surface area contributed by atoms with E-state index in [1.807, 2.05) is 13.0 Å². The molecule has 2 aromatic rings. The van der Waals surface area contributed by atoms with Crippen LogP contribution >= 0.6 is 11.6 Å². The number of methoxy groups -OCH3 is 1. The van der Waals surface area contributed by atoms with Crippen molar-refractivity contribution < 1.29 is 9.53 Å². The Labute approximate surface area is 122 Å². The van der Waals surface area contributed by atoms with Gasteiger partial charge in [-0.3, -0.25) is 4.79 Å². The number of anilines is 2. The summed E-state index contributed by atoms with van der Waals surface area (Å²) in [6, 6.07) is 10.3. The van der Waals surface area contributed by atoms with Gasteiger partial charge in [-0.15, -0.1) is 0 Å². The van der Waals surface area contributed by atoms with Gasteiger partial charge in [-0.2, -0.15) is 0 Å². The third kappa shape index (κ3) is 3.03. The van der Waals surface area contributed by atoms with Crippen LogP contribution in [0.5, 0.6) is 5.75 Å². The SMILES string of the molecule is COc1ccc(Cl)c(NC(=O)c2cc(C)ccc2N)c1. The summed E-state index contributed by atoms with van der Waals surface area (Å²) >= 11 is 6.05. The van der Waals surface area contributed by atoms with Gasteiger partial charge in [0, 0.05) is 11.8 Å². The van der Waals surface area contributed by atoms with E-state index in [-0.39, 0.29) is 5.91 Å². The van der Waals surface area contributed by atoms with Gasteiger partial charge in [-0.25, -0.2) is 0 Å². The zero-order valence-electron chi connectivity index (χ0n) is 11.2.